The summed E-state index contributed by atoms with van der Waals surface area (Å²) in [6.45, 7) is 2.60. The zero-order chi connectivity index (χ0) is 21.5. The number of carbonyl (C=O) groups excluding carboxylic acids is 1. The molecule has 2 heterocycles. The second-order valence-corrected chi connectivity index (χ2v) is 7.63. The largest absolute Gasteiger partial charge is 0.496 e. The summed E-state index contributed by atoms with van der Waals surface area (Å²) in [6, 6.07) is 18.0. The molecule has 1 atom stereocenters. The molecular weight excluding hydrogens is 388 g/mol. The van der Waals surface area contributed by atoms with Crippen LogP contribution in [0.4, 0.5) is 0 Å². The molecule has 1 saturated heterocycles. The Morgan fingerprint density at radius 1 is 1.13 bits per heavy atom. The lowest BCUT2D eigenvalue weighted by molar-refractivity contribution is -0.116. The minimum Gasteiger partial charge on any atom is -0.496 e. The third-order valence-electron chi connectivity index (χ3n) is 5.60. The zero-order valence-electron chi connectivity index (χ0n) is 17.8. The molecule has 1 unspecified atom stereocenters. The molecule has 0 radical (unpaired) electrons. The first-order valence-electron chi connectivity index (χ1n) is 10.7. The van der Waals surface area contributed by atoms with Crippen LogP contribution in [0.2, 0.25) is 0 Å². The normalized spacial score (nSPS) is 15.3. The SMILES string of the molecule is COc1ccccc1C(CNC(=O)/C=C/c1cnn(-c2ccccc2)c1)N1CCCC1. The first kappa shape index (κ1) is 20.9. The van der Waals surface area contributed by atoms with Crippen LogP contribution in [0.1, 0.15) is 30.0 Å². The van der Waals surface area contributed by atoms with Crippen molar-refractivity contribution in [3.63, 3.8) is 0 Å². The number of hydrogen-bond acceptors (Lipinski definition) is 4. The van der Waals surface area contributed by atoms with Crippen LogP contribution in [0, 0.1) is 0 Å². The predicted molar refractivity (Wildman–Crippen MR) is 122 cm³/mol. The van der Waals surface area contributed by atoms with Gasteiger partial charge in [0.1, 0.15) is 5.75 Å². The van der Waals surface area contributed by atoms with Gasteiger partial charge in [0.15, 0.2) is 0 Å². The quantitative estimate of drug-likeness (QED) is 0.567. The van der Waals surface area contributed by atoms with Crippen molar-refractivity contribution in [1.29, 1.82) is 0 Å². The number of benzene rings is 2. The number of methoxy groups -OCH3 is 1. The van der Waals surface area contributed by atoms with E-state index in [1.54, 1.807) is 30.1 Å². The average molecular weight is 417 g/mol. The second kappa shape index (κ2) is 10.1. The highest BCUT2D eigenvalue weighted by atomic mass is 16.5. The Morgan fingerprint density at radius 2 is 1.87 bits per heavy atom. The van der Waals surface area contributed by atoms with E-state index in [9.17, 15) is 4.79 Å². The third kappa shape index (κ3) is 5.22. The van der Waals surface area contributed by atoms with Gasteiger partial charge in [-0.2, -0.15) is 5.10 Å². The number of rotatable bonds is 8. The van der Waals surface area contributed by atoms with Gasteiger partial charge in [0.2, 0.25) is 5.91 Å². The van der Waals surface area contributed by atoms with Crippen LogP contribution in [-0.2, 0) is 4.79 Å². The number of amides is 1. The Balaban J connectivity index is 1.40. The summed E-state index contributed by atoms with van der Waals surface area (Å²) in [5.41, 5.74) is 2.97. The highest BCUT2D eigenvalue weighted by Crippen LogP contribution is 2.31. The molecule has 2 aromatic carbocycles. The van der Waals surface area contributed by atoms with Crippen LogP contribution in [-0.4, -0.2) is 47.3 Å². The molecule has 3 aromatic rings. The van der Waals surface area contributed by atoms with Crippen molar-refractivity contribution in [3.8, 4) is 11.4 Å². The van der Waals surface area contributed by atoms with Gasteiger partial charge < -0.3 is 10.1 Å². The van der Waals surface area contributed by atoms with E-state index >= 15 is 0 Å². The standard InChI is InChI=1S/C25H28N4O2/c1-31-24-12-6-5-11-22(24)23(28-15-7-8-16-28)18-26-25(30)14-13-20-17-27-29(19-20)21-9-3-2-4-10-21/h2-6,9-14,17,19,23H,7-8,15-16,18H2,1H3,(H,26,30)/b14-13+. The van der Waals surface area contributed by atoms with E-state index in [1.807, 2.05) is 54.7 Å². The number of aromatic nitrogens is 2. The molecule has 1 aliphatic rings. The molecule has 1 N–H and O–H groups in total. The number of nitrogens with zero attached hydrogens (tertiary/aromatic N) is 3. The minimum atomic E-state index is -0.119. The van der Waals surface area contributed by atoms with E-state index in [0.717, 1.165) is 35.7 Å². The van der Waals surface area contributed by atoms with Gasteiger partial charge >= 0.3 is 0 Å². The van der Waals surface area contributed by atoms with Crippen LogP contribution >= 0.6 is 0 Å². The maximum atomic E-state index is 12.5. The van der Waals surface area contributed by atoms with Gasteiger partial charge in [0.25, 0.3) is 0 Å². The van der Waals surface area contributed by atoms with Crippen molar-refractivity contribution in [3.05, 3.63) is 84.2 Å². The first-order valence-corrected chi connectivity index (χ1v) is 10.7. The Kier molecular flexibility index (Phi) is 6.79. The minimum absolute atomic E-state index is 0.0943. The second-order valence-electron chi connectivity index (χ2n) is 7.63. The van der Waals surface area contributed by atoms with Crippen molar-refractivity contribution >= 4 is 12.0 Å². The Morgan fingerprint density at radius 3 is 2.65 bits per heavy atom. The monoisotopic (exact) mass is 416 g/mol. The molecular formula is C25H28N4O2. The Hall–Kier alpha value is -3.38. The Bertz CT molecular complexity index is 1020. The molecule has 1 amide bonds. The molecule has 4 rings (SSSR count). The van der Waals surface area contributed by atoms with Crippen LogP contribution in [0.25, 0.3) is 11.8 Å². The van der Waals surface area contributed by atoms with Crippen molar-refractivity contribution in [2.75, 3.05) is 26.7 Å². The molecule has 160 valence electrons. The molecule has 6 heteroatoms. The number of para-hydroxylation sites is 2. The van der Waals surface area contributed by atoms with Crippen LogP contribution < -0.4 is 10.1 Å². The average Bonchev–Trinajstić information content (AvgIpc) is 3.51. The summed E-state index contributed by atoms with van der Waals surface area (Å²) in [5.74, 6) is 0.740. The summed E-state index contributed by atoms with van der Waals surface area (Å²) < 4.78 is 7.37. The van der Waals surface area contributed by atoms with E-state index < -0.39 is 0 Å². The molecule has 0 saturated carbocycles. The smallest absolute Gasteiger partial charge is 0.244 e. The van der Waals surface area contributed by atoms with Crippen molar-refractivity contribution in [1.82, 2.24) is 20.0 Å². The van der Waals surface area contributed by atoms with Crippen molar-refractivity contribution in [2.45, 2.75) is 18.9 Å². The van der Waals surface area contributed by atoms with Gasteiger partial charge in [0.05, 0.1) is 25.0 Å². The maximum absolute atomic E-state index is 12.5. The lowest BCUT2D eigenvalue weighted by Crippen LogP contribution is -2.36. The number of carbonyl (C=O) groups is 1. The van der Waals surface area contributed by atoms with Crippen LogP contribution in [0.15, 0.2) is 73.1 Å². The molecule has 0 spiro atoms. The summed E-state index contributed by atoms with van der Waals surface area (Å²) in [6.07, 6.45) is 9.38. The fraction of sp³-hybridized carbons (Fsp3) is 0.280. The molecule has 1 aliphatic heterocycles. The fourth-order valence-corrected chi connectivity index (χ4v) is 4.00. The molecule has 1 fully saturated rings. The van der Waals surface area contributed by atoms with Crippen molar-refractivity contribution < 1.29 is 9.53 Å². The zero-order valence-corrected chi connectivity index (χ0v) is 17.8. The lowest BCUT2D eigenvalue weighted by Gasteiger charge is -2.29. The highest BCUT2D eigenvalue weighted by Gasteiger charge is 2.26. The number of hydrogen-bond donors (Lipinski definition) is 1. The molecule has 1 aromatic heterocycles. The summed E-state index contributed by atoms with van der Waals surface area (Å²) in [7, 11) is 1.69. The maximum Gasteiger partial charge on any atom is 0.244 e. The fourth-order valence-electron chi connectivity index (χ4n) is 4.00. The van der Waals surface area contributed by atoms with Gasteiger partial charge in [-0.1, -0.05) is 36.4 Å². The molecule has 6 nitrogen and oxygen atoms in total. The predicted octanol–water partition coefficient (Wildman–Crippen LogP) is 3.85. The van der Waals surface area contributed by atoms with Gasteiger partial charge in [-0.3, -0.25) is 9.69 Å². The number of likely N-dealkylation sites (tertiary alicyclic amines) is 1. The van der Waals surface area contributed by atoms with Gasteiger partial charge in [-0.15, -0.1) is 0 Å². The van der Waals surface area contributed by atoms with E-state index in [0.29, 0.717) is 6.54 Å². The van der Waals surface area contributed by atoms with E-state index in [2.05, 4.69) is 21.4 Å². The highest BCUT2D eigenvalue weighted by molar-refractivity contribution is 5.91. The summed E-state index contributed by atoms with van der Waals surface area (Å²) in [5, 5.41) is 7.43. The van der Waals surface area contributed by atoms with E-state index in [-0.39, 0.29) is 11.9 Å². The topological polar surface area (TPSA) is 59.4 Å². The van der Waals surface area contributed by atoms with E-state index in [1.165, 1.54) is 12.8 Å². The lowest BCUT2D eigenvalue weighted by atomic mass is 10.0. The first-order chi connectivity index (χ1) is 15.2. The molecule has 0 bridgehead atoms. The van der Waals surface area contributed by atoms with Crippen LogP contribution in [0.3, 0.4) is 0 Å². The van der Waals surface area contributed by atoms with Crippen molar-refractivity contribution in [2.24, 2.45) is 0 Å². The van der Waals surface area contributed by atoms with Gasteiger partial charge in [0, 0.05) is 29.9 Å². The van der Waals surface area contributed by atoms with Gasteiger partial charge in [-0.05, 0) is 50.2 Å². The third-order valence-corrected chi connectivity index (χ3v) is 5.60. The summed E-state index contributed by atoms with van der Waals surface area (Å²) in [4.78, 5) is 14.9. The van der Waals surface area contributed by atoms with Crippen LogP contribution in [0.5, 0.6) is 5.75 Å². The summed E-state index contributed by atoms with van der Waals surface area (Å²) >= 11 is 0. The molecule has 31 heavy (non-hydrogen) atoms. The van der Waals surface area contributed by atoms with Gasteiger partial charge in [-0.25, -0.2) is 4.68 Å². The molecule has 0 aliphatic carbocycles. The van der Waals surface area contributed by atoms with E-state index in [4.69, 9.17) is 4.74 Å². The number of ether oxygens (including phenoxy) is 1. The number of nitrogens with one attached hydrogen (secondary N) is 1. The Labute approximate surface area is 183 Å².